The van der Waals surface area contributed by atoms with Crippen molar-refractivity contribution in [1.82, 2.24) is 4.98 Å². The van der Waals surface area contributed by atoms with Crippen molar-refractivity contribution >= 4 is 26.7 Å². The summed E-state index contributed by atoms with van der Waals surface area (Å²) in [6, 6.07) is 7.59. The molecule has 0 atom stereocenters. The smallest absolute Gasteiger partial charge is 0.747 e. The molecule has 0 spiro atoms. The van der Waals surface area contributed by atoms with Gasteiger partial charge >= 0.3 is 29.6 Å². The molecule has 1 aromatic heterocycles. The second kappa shape index (κ2) is 6.62. The first kappa shape index (κ1) is 16.7. The van der Waals surface area contributed by atoms with Crippen molar-refractivity contribution in [1.29, 1.82) is 0 Å². The topological polar surface area (TPSA) is 82.1 Å². The van der Waals surface area contributed by atoms with Crippen LogP contribution in [-0.2, 0) is 23.0 Å². The van der Waals surface area contributed by atoms with Crippen LogP contribution in [0.5, 0.6) is 0 Å². The number of aromatic nitrogens is 1. The zero-order valence-corrected chi connectivity index (χ0v) is 14.7. The van der Waals surface area contributed by atoms with Crippen molar-refractivity contribution in [2.24, 2.45) is 0 Å². The molecule has 0 fully saturated rings. The van der Waals surface area contributed by atoms with Crippen LogP contribution in [0.15, 0.2) is 24.3 Å². The third-order valence-electron chi connectivity index (χ3n) is 3.60. The number of fused-ring (bicyclic) bond motifs is 2. The molecule has 7 heteroatoms. The summed E-state index contributed by atoms with van der Waals surface area (Å²) in [4.78, 5) is 4.65. The van der Waals surface area contributed by atoms with E-state index in [4.69, 9.17) is 0 Å². The number of nitrogens with zero attached hydrogens (tertiary/aromatic N) is 1. The molecular weight excluding hydrogens is 299 g/mol. The maximum absolute atomic E-state index is 10.9. The van der Waals surface area contributed by atoms with Gasteiger partial charge in [0.2, 0.25) is 0 Å². The summed E-state index contributed by atoms with van der Waals surface area (Å²) < 4.78 is 32.6. The van der Waals surface area contributed by atoms with Crippen LogP contribution in [0.4, 0.5) is 5.69 Å². The zero-order chi connectivity index (χ0) is 14.2. The van der Waals surface area contributed by atoms with Gasteiger partial charge in [0.1, 0.15) is 16.0 Å². The molecule has 1 heterocycles. The van der Waals surface area contributed by atoms with E-state index in [2.05, 4.69) is 10.3 Å². The van der Waals surface area contributed by atoms with Gasteiger partial charge in [-0.3, -0.25) is 4.98 Å². The van der Waals surface area contributed by atoms with Crippen LogP contribution in [0.25, 0.3) is 10.9 Å². The third kappa shape index (κ3) is 3.76. The Balaban J connectivity index is 0.00000161. The van der Waals surface area contributed by atoms with E-state index < -0.39 is 16.0 Å². The fourth-order valence-corrected chi connectivity index (χ4v) is 3.06. The minimum atomic E-state index is -4.30. The van der Waals surface area contributed by atoms with Gasteiger partial charge in [-0.2, -0.15) is 0 Å². The van der Waals surface area contributed by atoms with Crippen LogP contribution >= 0.6 is 0 Å². The molecule has 0 radical (unpaired) electrons. The Bertz CT molecular complexity index is 762. The van der Waals surface area contributed by atoms with Gasteiger partial charge in [0, 0.05) is 16.8 Å². The standard InChI is InChI=1S/C14H16N2O3S.Na/c17-20(18,19)9-15-14-10-5-1-3-7-12(10)16-13-8-4-2-6-11(13)14;/h1,3,5,7H,2,4,6,8-9H2,(H,15,16)(H,17,18,19);/q;+1/p-1. The van der Waals surface area contributed by atoms with E-state index >= 15 is 0 Å². The van der Waals surface area contributed by atoms with Crippen LogP contribution in [0.1, 0.15) is 24.1 Å². The molecule has 0 bridgehead atoms. The van der Waals surface area contributed by atoms with Gasteiger partial charge < -0.3 is 9.87 Å². The third-order valence-corrected chi connectivity index (χ3v) is 4.09. The van der Waals surface area contributed by atoms with E-state index in [1.165, 1.54) is 0 Å². The number of benzene rings is 1. The number of nitrogens with one attached hydrogen (secondary N) is 1. The van der Waals surface area contributed by atoms with E-state index in [-0.39, 0.29) is 29.6 Å². The number of pyridine rings is 1. The summed E-state index contributed by atoms with van der Waals surface area (Å²) in [7, 11) is -4.30. The zero-order valence-electron chi connectivity index (χ0n) is 11.9. The first-order valence-electron chi connectivity index (χ1n) is 6.62. The molecule has 1 aliphatic rings. The second-order valence-corrected chi connectivity index (χ2v) is 6.42. The van der Waals surface area contributed by atoms with Gasteiger partial charge in [0.15, 0.2) is 0 Å². The Labute approximate surface area is 146 Å². The Hall–Kier alpha value is -0.660. The summed E-state index contributed by atoms with van der Waals surface area (Å²) in [6.45, 7) is 0. The van der Waals surface area contributed by atoms with Crippen molar-refractivity contribution in [3.8, 4) is 0 Å². The fourth-order valence-electron chi connectivity index (χ4n) is 2.74. The fraction of sp³-hybridized carbons (Fsp3) is 0.357. The average Bonchev–Trinajstić information content (AvgIpc) is 2.42. The van der Waals surface area contributed by atoms with Gasteiger partial charge in [-0.25, -0.2) is 8.42 Å². The molecule has 0 unspecified atom stereocenters. The maximum Gasteiger partial charge on any atom is 1.00 e. The quantitative estimate of drug-likeness (QED) is 0.582. The van der Waals surface area contributed by atoms with Gasteiger partial charge in [-0.05, 0) is 37.3 Å². The van der Waals surface area contributed by atoms with Crippen molar-refractivity contribution in [3.05, 3.63) is 35.5 Å². The van der Waals surface area contributed by atoms with Crippen LogP contribution in [0, 0.1) is 0 Å². The van der Waals surface area contributed by atoms with Crippen molar-refractivity contribution in [3.63, 3.8) is 0 Å². The largest absolute Gasteiger partial charge is 1.00 e. The van der Waals surface area contributed by atoms with Crippen LogP contribution < -0.4 is 34.9 Å². The summed E-state index contributed by atoms with van der Waals surface area (Å²) in [5.41, 5.74) is 3.66. The molecule has 21 heavy (non-hydrogen) atoms. The van der Waals surface area contributed by atoms with Crippen LogP contribution in [0.3, 0.4) is 0 Å². The van der Waals surface area contributed by atoms with Gasteiger partial charge in [0.05, 0.1) is 5.52 Å². The molecule has 2 aromatic rings. The van der Waals surface area contributed by atoms with Crippen molar-refractivity contribution in [2.45, 2.75) is 25.7 Å². The number of anilines is 1. The first-order chi connectivity index (χ1) is 9.54. The molecule has 1 aromatic carbocycles. The summed E-state index contributed by atoms with van der Waals surface area (Å²) in [6.07, 6.45) is 3.93. The first-order valence-corrected chi connectivity index (χ1v) is 8.20. The van der Waals surface area contributed by atoms with Crippen LogP contribution in [0.2, 0.25) is 0 Å². The molecule has 5 nitrogen and oxygen atoms in total. The average molecular weight is 314 g/mol. The van der Waals surface area contributed by atoms with E-state index in [1.54, 1.807) is 0 Å². The van der Waals surface area contributed by atoms with E-state index in [1.807, 2.05) is 24.3 Å². The van der Waals surface area contributed by atoms with Crippen molar-refractivity contribution in [2.75, 3.05) is 11.2 Å². The summed E-state index contributed by atoms with van der Waals surface area (Å²) in [5, 5.41) is 3.69. The Morgan fingerprint density at radius 2 is 1.90 bits per heavy atom. The SMILES string of the molecule is O=S(=O)([O-])CNc1c2c(nc3ccccc13)CCCC2.[Na+]. The summed E-state index contributed by atoms with van der Waals surface area (Å²) in [5.74, 6) is -0.590. The molecule has 106 valence electrons. The molecule has 3 rings (SSSR count). The van der Waals surface area contributed by atoms with E-state index in [0.717, 1.165) is 53.5 Å². The normalized spacial score (nSPS) is 14.3. The predicted octanol–water partition coefficient (Wildman–Crippen LogP) is -0.968. The van der Waals surface area contributed by atoms with Crippen molar-refractivity contribution < 1.29 is 42.5 Å². The Morgan fingerprint density at radius 3 is 2.67 bits per heavy atom. The molecule has 0 aliphatic heterocycles. The minimum absolute atomic E-state index is 0. The molecular formula is C14H15N2NaO3S. The van der Waals surface area contributed by atoms with E-state index in [0.29, 0.717) is 0 Å². The number of aryl methyl sites for hydroxylation is 1. The molecule has 1 aliphatic carbocycles. The monoisotopic (exact) mass is 314 g/mol. The second-order valence-electron chi connectivity index (χ2n) is 5.02. The van der Waals surface area contributed by atoms with Crippen LogP contribution in [-0.4, -0.2) is 23.8 Å². The number of hydrogen-bond acceptors (Lipinski definition) is 5. The Kier molecular flexibility index (Phi) is 5.27. The van der Waals surface area contributed by atoms with Gasteiger partial charge in [-0.15, -0.1) is 0 Å². The Morgan fingerprint density at radius 1 is 1.19 bits per heavy atom. The number of para-hydroxylation sites is 1. The van der Waals surface area contributed by atoms with Gasteiger partial charge in [0.25, 0.3) is 0 Å². The predicted molar refractivity (Wildman–Crippen MR) is 76.6 cm³/mol. The molecule has 0 saturated carbocycles. The molecule has 0 amide bonds. The molecule has 0 saturated heterocycles. The number of rotatable bonds is 3. The maximum atomic E-state index is 10.9. The van der Waals surface area contributed by atoms with Gasteiger partial charge in [-0.1, -0.05) is 18.2 Å². The molecule has 1 N–H and O–H groups in total. The minimum Gasteiger partial charge on any atom is -0.747 e. The van der Waals surface area contributed by atoms with E-state index in [9.17, 15) is 13.0 Å². The summed E-state index contributed by atoms with van der Waals surface area (Å²) >= 11 is 0. The number of hydrogen-bond donors (Lipinski definition) is 1.